The van der Waals surface area contributed by atoms with Gasteiger partial charge in [0.2, 0.25) is 0 Å². The SMILES string of the molecule is CSCC[C@@H](NC(N)=O)C(=O)O[C@@H](C)C(=O)Nc1cccnc1Cl. The lowest BCUT2D eigenvalue weighted by atomic mass is 10.2. The van der Waals surface area contributed by atoms with E-state index in [4.69, 9.17) is 22.1 Å². The van der Waals surface area contributed by atoms with Gasteiger partial charge in [0.25, 0.3) is 5.91 Å². The number of hydrogen-bond acceptors (Lipinski definition) is 6. The summed E-state index contributed by atoms with van der Waals surface area (Å²) in [7, 11) is 0. The van der Waals surface area contributed by atoms with E-state index in [9.17, 15) is 14.4 Å². The molecule has 2 atom stereocenters. The zero-order chi connectivity index (χ0) is 18.1. The monoisotopic (exact) mass is 374 g/mol. The van der Waals surface area contributed by atoms with E-state index in [1.807, 2.05) is 6.26 Å². The summed E-state index contributed by atoms with van der Waals surface area (Å²) in [6, 6.07) is 1.43. The summed E-state index contributed by atoms with van der Waals surface area (Å²) < 4.78 is 5.09. The summed E-state index contributed by atoms with van der Waals surface area (Å²) in [5, 5.41) is 4.94. The Morgan fingerprint density at radius 3 is 2.75 bits per heavy atom. The first-order valence-corrected chi connectivity index (χ1v) is 8.79. The van der Waals surface area contributed by atoms with Crippen LogP contribution in [0.3, 0.4) is 0 Å². The smallest absolute Gasteiger partial charge is 0.329 e. The molecule has 0 aromatic carbocycles. The van der Waals surface area contributed by atoms with E-state index < -0.39 is 30.1 Å². The first kappa shape index (κ1) is 20.0. The summed E-state index contributed by atoms with van der Waals surface area (Å²) in [5.74, 6) is -0.685. The lowest BCUT2D eigenvalue weighted by Crippen LogP contribution is -2.46. The van der Waals surface area contributed by atoms with E-state index in [0.717, 1.165) is 0 Å². The Kier molecular flexibility index (Phi) is 8.34. The molecule has 1 heterocycles. The molecule has 0 saturated heterocycles. The van der Waals surface area contributed by atoms with Gasteiger partial charge in [-0.3, -0.25) is 4.79 Å². The van der Waals surface area contributed by atoms with E-state index in [1.54, 1.807) is 12.1 Å². The summed E-state index contributed by atoms with van der Waals surface area (Å²) in [4.78, 5) is 39.0. The second kappa shape index (κ2) is 9.99. The maximum Gasteiger partial charge on any atom is 0.329 e. The molecule has 0 bridgehead atoms. The number of nitrogens with one attached hydrogen (secondary N) is 2. The lowest BCUT2D eigenvalue weighted by Gasteiger charge is -2.19. The number of aromatic nitrogens is 1. The predicted octanol–water partition coefficient (Wildman–Crippen LogP) is 1.40. The van der Waals surface area contributed by atoms with Crippen LogP contribution >= 0.6 is 23.4 Å². The number of carbonyl (C=O) groups excluding carboxylic acids is 3. The topological polar surface area (TPSA) is 123 Å². The Labute approximate surface area is 148 Å². The predicted molar refractivity (Wildman–Crippen MR) is 92.9 cm³/mol. The largest absolute Gasteiger partial charge is 0.451 e. The minimum atomic E-state index is -1.08. The second-order valence-electron chi connectivity index (χ2n) is 4.75. The Bertz CT molecular complexity index is 602. The van der Waals surface area contributed by atoms with Gasteiger partial charge in [0.1, 0.15) is 6.04 Å². The minimum absolute atomic E-state index is 0.123. The van der Waals surface area contributed by atoms with Crippen molar-refractivity contribution in [2.24, 2.45) is 5.73 Å². The van der Waals surface area contributed by atoms with Crippen molar-refractivity contribution in [3.8, 4) is 0 Å². The van der Waals surface area contributed by atoms with Crippen LogP contribution in [0.5, 0.6) is 0 Å². The zero-order valence-electron chi connectivity index (χ0n) is 13.2. The summed E-state index contributed by atoms with van der Waals surface area (Å²) in [5.41, 5.74) is 5.35. The number of amides is 3. The number of nitrogens with zero attached hydrogens (tertiary/aromatic N) is 1. The van der Waals surface area contributed by atoms with Crippen LogP contribution in [0.1, 0.15) is 13.3 Å². The first-order valence-electron chi connectivity index (χ1n) is 7.02. The average Bonchev–Trinajstić information content (AvgIpc) is 2.53. The van der Waals surface area contributed by atoms with Crippen molar-refractivity contribution < 1.29 is 19.1 Å². The van der Waals surface area contributed by atoms with E-state index in [1.165, 1.54) is 24.9 Å². The van der Waals surface area contributed by atoms with Gasteiger partial charge in [-0.25, -0.2) is 14.6 Å². The number of pyridine rings is 1. The normalized spacial score (nSPS) is 12.8. The zero-order valence-corrected chi connectivity index (χ0v) is 14.8. The van der Waals surface area contributed by atoms with Crippen molar-refractivity contribution in [1.29, 1.82) is 0 Å². The number of urea groups is 1. The number of halogens is 1. The van der Waals surface area contributed by atoms with Crippen molar-refractivity contribution in [3.63, 3.8) is 0 Å². The van der Waals surface area contributed by atoms with Crippen molar-refractivity contribution in [2.45, 2.75) is 25.5 Å². The second-order valence-corrected chi connectivity index (χ2v) is 6.10. The summed E-state index contributed by atoms with van der Waals surface area (Å²) >= 11 is 7.35. The van der Waals surface area contributed by atoms with Gasteiger partial charge in [0.15, 0.2) is 11.3 Å². The summed E-state index contributed by atoms with van der Waals surface area (Å²) in [6.45, 7) is 1.41. The molecule has 4 N–H and O–H groups in total. The van der Waals surface area contributed by atoms with Crippen LogP contribution < -0.4 is 16.4 Å². The van der Waals surface area contributed by atoms with E-state index >= 15 is 0 Å². The van der Waals surface area contributed by atoms with Crippen LogP contribution in [-0.2, 0) is 14.3 Å². The third-order valence-corrected chi connectivity index (χ3v) is 3.84. The van der Waals surface area contributed by atoms with Crippen molar-refractivity contribution in [3.05, 3.63) is 23.5 Å². The molecule has 0 spiro atoms. The molecule has 0 aliphatic carbocycles. The van der Waals surface area contributed by atoms with Crippen LogP contribution in [-0.4, -0.2) is 47.0 Å². The van der Waals surface area contributed by atoms with Gasteiger partial charge >= 0.3 is 12.0 Å². The number of anilines is 1. The fourth-order valence-electron chi connectivity index (χ4n) is 1.68. The molecule has 3 amide bonds. The highest BCUT2D eigenvalue weighted by atomic mass is 35.5. The van der Waals surface area contributed by atoms with Crippen LogP contribution in [0.2, 0.25) is 5.15 Å². The highest BCUT2D eigenvalue weighted by Crippen LogP contribution is 2.18. The summed E-state index contributed by atoms with van der Waals surface area (Å²) in [6.07, 6.45) is 2.60. The highest BCUT2D eigenvalue weighted by Gasteiger charge is 2.26. The molecule has 0 radical (unpaired) electrons. The van der Waals surface area contributed by atoms with Crippen molar-refractivity contribution >= 4 is 47.0 Å². The van der Waals surface area contributed by atoms with Gasteiger partial charge in [-0.1, -0.05) is 11.6 Å². The molecule has 1 aromatic heterocycles. The molecule has 132 valence electrons. The van der Waals surface area contributed by atoms with E-state index in [0.29, 0.717) is 17.9 Å². The van der Waals surface area contributed by atoms with Gasteiger partial charge < -0.3 is 21.1 Å². The average molecular weight is 375 g/mol. The molecule has 8 nitrogen and oxygen atoms in total. The van der Waals surface area contributed by atoms with Crippen molar-refractivity contribution in [2.75, 3.05) is 17.3 Å². The van der Waals surface area contributed by atoms with Crippen molar-refractivity contribution in [1.82, 2.24) is 10.3 Å². The molecule has 0 saturated carbocycles. The fourth-order valence-corrected chi connectivity index (χ4v) is 2.32. The van der Waals surface area contributed by atoms with Crippen LogP contribution in [0.15, 0.2) is 18.3 Å². The molecular formula is C14H19ClN4O4S. The molecule has 1 rings (SSSR count). The molecular weight excluding hydrogens is 356 g/mol. The van der Waals surface area contributed by atoms with Gasteiger partial charge in [-0.05, 0) is 37.5 Å². The Morgan fingerprint density at radius 2 is 2.17 bits per heavy atom. The van der Waals surface area contributed by atoms with E-state index in [-0.39, 0.29) is 5.15 Å². The number of carbonyl (C=O) groups is 3. The van der Waals surface area contributed by atoms with Crippen LogP contribution in [0.25, 0.3) is 0 Å². The fraction of sp³-hybridized carbons (Fsp3) is 0.429. The van der Waals surface area contributed by atoms with Gasteiger partial charge in [0, 0.05) is 6.20 Å². The number of esters is 1. The maximum atomic E-state index is 12.1. The lowest BCUT2D eigenvalue weighted by molar-refractivity contribution is -0.155. The molecule has 0 fully saturated rings. The molecule has 10 heteroatoms. The Balaban J connectivity index is 2.64. The molecule has 1 aromatic rings. The standard InChI is InChI=1S/C14H19ClN4O4S/c1-8(12(20)18-9-4-3-6-17-11(9)15)23-13(21)10(5-7-24-2)19-14(16)22/h3-4,6,8,10H,5,7H2,1-2H3,(H,18,20)(H3,16,19,22)/t8-,10+/m0/s1. The minimum Gasteiger partial charge on any atom is -0.451 e. The van der Waals surface area contributed by atoms with E-state index in [2.05, 4.69) is 15.6 Å². The number of primary amides is 1. The Hall–Kier alpha value is -2.00. The quantitative estimate of drug-likeness (QED) is 0.466. The number of nitrogens with two attached hydrogens (primary N) is 1. The Morgan fingerprint density at radius 1 is 1.46 bits per heavy atom. The highest BCUT2D eigenvalue weighted by molar-refractivity contribution is 7.98. The molecule has 24 heavy (non-hydrogen) atoms. The molecule has 0 aliphatic rings. The third-order valence-electron chi connectivity index (χ3n) is 2.89. The first-order chi connectivity index (χ1) is 11.3. The van der Waals surface area contributed by atoms with Gasteiger partial charge in [0.05, 0.1) is 5.69 Å². The maximum absolute atomic E-state index is 12.1. The van der Waals surface area contributed by atoms with Gasteiger partial charge in [-0.2, -0.15) is 11.8 Å². The number of hydrogen-bond donors (Lipinski definition) is 3. The third kappa shape index (κ3) is 6.63. The number of ether oxygens (including phenoxy) is 1. The molecule has 0 aliphatic heterocycles. The number of rotatable bonds is 8. The van der Waals surface area contributed by atoms with Crippen LogP contribution in [0.4, 0.5) is 10.5 Å². The van der Waals surface area contributed by atoms with Crippen LogP contribution in [0, 0.1) is 0 Å². The number of thioether (sulfide) groups is 1. The molecule has 0 unspecified atom stereocenters. The van der Waals surface area contributed by atoms with Gasteiger partial charge in [-0.15, -0.1) is 0 Å².